The molecule has 1 aliphatic heterocycles. The van der Waals surface area contributed by atoms with Crippen molar-refractivity contribution in [3.05, 3.63) is 22.2 Å². The Hall–Kier alpha value is -0.960. The zero-order chi connectivity index (χ0) is 15.1. The molecule has 0 unspecified atom stereocenters. The monoisotopic (exact) mass is 362 g/mol. The van der Waals surface area contributed by atoms with Crippen LogP contribution < -0.4 is 10.0 Å². The Morgan fingerprint density at radius 3 is 2.70 bits per heavy atom. The molecule has 0 aromatic heterocycles. The molecule has 6 nitrogen and oxygen atoms in total. The molecule has 0 saturated heterocycles. The Balaban J connectivity index is 2.34. The molecular weight excluding hydrogens is 348 g/mol. The van der Waals surface area contributed by atoms with Gasteiger partial charge in [0, 0.05) is 16.7 Å². The van der Waals surface area contributed by atoms with Crippen molar-refractivity contribution < 1.29 is 18.3 Å². The number of hydrogen-bond acceptors (Lipinski definition) is 4. The Kier molecular flexibility index (Phi) is 3.94. The second-order valence-corrected chi connectivity index (χ2v) is 7.89. The molecule has 1 aromatic rings. The standard InChI is InChI=1S/C12H15BrN2O4S/c1-12(2,17)6-14-20(18,19)10-3-7-4-11(16)15-9(7)5-8(10)13/h3,5,14,17H,4,6H2,1-2H3,(H,15,16). The van der Waals surface area contributed by atoms with Crippen LogP contribution in [0.5, 0.6) is 0 Å². The van der Waals surface area contributed by atoms with Crippen LogP contribution in [0.4, 0.5) is 5.69 Å². The molecule has 8 heteroatoms. The van der Waals surface area contributed by atoms with Gasteiger partial charge in [0.25, 0.3) is 0 Å². The zero-order valence-corrected chi connectivity index (χ0v) is 13.4. The molecule has 1 aromatic carbocycles. The van der Waals surface area contributed by atoms with Crippen molar-refractivity contribution in [1.29, 1.82) is 0 Å². The number of carbonyl (C=O) groups excluding carboxylic acids is 1. The molecule has 110 valence electrons. The number of rotatable bonds is 4. The highest BCUT2D eigenvalue weighted by atomic mass is 79.9. The first-order valence-electron chi connectivity index (χ1n) is 5.93. The lowest BCUT2D eigenvalue weighted by molar-refractivity contribution is -0.115. The molecule has 1 aliphatic rings. The molecule has 0 radical (unpaired) electrons. The summed E-state index contributed by atoms with van der Waals surface area (Å²) in [5.74, 6) is -0.161. The summed E-state index contributed by atoms with van der Waals surface area (Å²) in [5.41, 5.74) is 0.110. The van der Waals surface area contributed by atoms with Crippen molar-refractivity contribution in [2.24, 2.45) is 0 Å². The molecule has 0 fully saturated rings. The topological polar surface area (TPSA) is 95.5 Å². The second kappa shape index (κ2) is 5.10. The van der Waals surface area contributed by atoms with Crippen molar-refractivity contribution in [3.8, 4) is 0 Å². The van der Waals surface area contributed by atoms with E-state index in [2.05, 4.69) is 26.0 Å². The largest absolute Gasteiger partial charge is 0.389 e. The van der Waals surface area contributed by atoms with Gasteiger partial charge in [-0.1, -0.05) is 0 Å². The van der Waals surface area contributed by atoms with Crippen molar-refractivity contribution >= 4 is 37.5 Å². The fraction of sp³-hybridized carbons (Fsp3) is 0.417. The molecular formula is C12H15BrN2O4S. The van der Waals surface area contributed by atoms with Crippen LogP contribution in [0.25, 0.3) is 0 Å². The summed E-state index contributed by atoms with van der Waals surface area (Å²) in [6.07, 6.45) is 0.163. The van der Waals surface area contributed by atoms with E-state index in [1.54, 1.807) is 6.07 Å². The van der Waals surface area contributed by atoms with Gasteiger partial charge in [0.05, 0.1) is 16.9 Å². The fourth-order valence-corrected chi connectivity index (χ4v) is 4.08. The molecule has 0 spiro atoms. The van der Waals surface area contributed by atoms with Gasteiger partial charge in [-0.3, -0.25) is 4.79 Å². The third-order valence-electron chi connectivity index (χ3n) is 2.77. The van der Waals surface area contributed by atoms with Gasteiger partial charge in [-0.25, -0.2) is 13.1 Å². The molecule has 1 amide bonds. The number of sulfonamides is 1. The molecule has 0 saturated carbocycles. The highest BCUT2D eigenvalue weighted by molar-refractivity contribution is 9.10. The SMILES string of the molecule is CC(C)(O)CNS(=O)(=O)c1cc2c(cc1Br)NC(=O)C2. The van der Waals surface area contributed by atoms with E-state index in [0.29, 0.717) is 15.7 Å². The maximum atomic E-state index is 12.2. The van der Waals surface area contributed by atoms with Crippen molar-refractivity contribution in [1.82, 2.24) is 4.72 Å². The van der Waals surface area contributed by atoms with E-state index in [4.69, 9.17) is 0 Å². The molecule has 0 aliphatic carbocycles. The minimum absolute atomic E-state index is 0.0528. The first-order valence-corrected chi connectivity index (χ1v) is 8.20. The van der Waals surface area contributed by atoms with Gasteiger partial charge in [0.15, 0.2) is 0 Å². The van der Waals surface area contributed by atoms with Gasteiger partial charge in [0.2, 0.25) is 15.9 Å². The van der Waals surface area contributed by atoms with Gasteiger partial charge in [-0.2, -0.15) is 0 Å². The van der Waals surface area contributed by atoms with E-state index in [1.807, 2.05) is 0 Å². The average molecular weight is 363 g/mol. The summed E-state index contributed by atoms with van der Waals surface area (Å²) in [6.45, 7) is 2.92. The summed E-state index contributed by atoms with van der Waals surface area (Å²) < 4.78 is 27.2. The van der Waals surface area contributed by atoms with Crippen LogP contribution in [-0.4, -0.2) is 31.6 Å². The maximum Gasteiger partial charge on any atom is 0.241 e. The third-order valence-corrected chi connectivity index (χ3v) is 5.13. The number of aliphatic hydroxyl groups is 1. The van der Waals surface area contributed by atoms with Gasteiger partial charge in [0.1, 0.15) is 0 Å². The number of anilines is 1. The van der Waals surface area contributed by atoms with E-state index in [9.17, 15) is 18.3 Å². The number of fused-ring (bicyclic) bond motifs is 1. The average Bonchev–Trinajstić information content (AvgIpc) is 2.64. The van der Waals surface area contributed by atoms with Gasteiger partial charge in [-0.05, 0) is 47.5 Å². The summed E-state index contributed by atoms with van der Waals surface area (Å²) in [6, 6.07) is 3.03. The quantitative estimate of drug-likeness (QED) is 0.744. The third kappa shape index (κ3) is 3.38. The van der Waals surface area contributed by atoms with Crippen LogP contribution >= 0.6 is 15.9 Å². The van der Waals surface area contributed by atoms with Crippen LogP contribution in [0.1, 0.15) is 19.4 Å². The van der Waals surface area contributed by atoms with Crippen LogP contribution in [0.15, 0.2) is 21.5 Å². The molecule has 0 atom stereocenters. The Morgan fingerprint density at radius 2 is 2.10 bits per heavy atom. The highest BCUT2D eigenvalue weighted by Gasteiger charge is 2.26. The van der Waals surface area contributed by atoms with Gasteiger partial charge >= 0.3 is 0 Å². The number of benzene rings is 1. The van der Waals surface area contributed by atoms with E-state index >= 15 is 0 Å². The van der Waals surface area contributed by atoms with Gasteiger partial charge in [-0.15, -0.1) is 0 Å². The number of halogens is 1. The lowest BCUT2D eigenvalue weighted by Crippen LogP contribution is -2.38. The zero-order valence-electron chi connectivity index (χ0n) is 11.0. The number of hydrogen-bond donors (Lipinski definition) is 3. The van der Waals surface area contributed by atoms with Crippen LogP contribution in [0.3, 0.4) is 0 Å². The highest BCUT2D eigenvalue weighted by Crippen LogP contribution is 2.32. The summed E-state index contributed by atoms with van der Waals surface area (Å²) in [4.78, 5) is 11.4. The van der Waals surface area contributed by atoms with E-state index in [0.717, 1.165) is 0 Å². The molecule has 1 heterocycles. The van der Waals surface area contributed by atoms with Crippen molar-refractivity contribution in [2.75, 3.05) is 11.9 Å². The maximum absolute atomic E-state index is 12.2. The predicted molar refractivity (Wildman–Crippen MR) is 78.0 cm³/mol. The van der Waals surface area contributed by atoms with Crippen molar-refractivity contribution in [3.63, 3.8) is 0 Å². The molecule has 3 N–H and O–H groups in total. The summed E-state index contributed by atoms with van der Waals surface area (Å²) in [7, 11) is -3.76. The van der Waals surface area contributed by atoms with Gasteiger partial charge < -0.3 is 10.4 Å². The normalized spacial score (nSPS) is 15.1. The van der Waals surface area contributed by atoms with Crippen LogP contribution in [0, 0.1) is 0 Å². The second-order valence-electron chi connectivity index (χ2n) is 5.30. The van der Waals surface area contributed by atoms with Crippen LogP contribution in [-0.2, 0) is 21.2 Å². The molecule has 2 rings (SSSR count). The van der Waals surface area contributed by atoms with E-state index in [1.165, 1.54) is 19.9 Å². The number of nitrogens with one attached hydrogen (secondary N) is 2. The minimum atomic E-state index is -3.76. The minimum Gasteiger partial charge on any atom is -0.389 e. The fourth-order valence-electron chi connectivity index (χ4n) is 1.78. The first-order chi connectivity index (χ1) is 9.08. The number of amides is 1. The lowest BCUT2D eigenvalue weighted by atomic mass is 10.1. The Bertz CT molecular complexity index is 665. The lowest BCUT2D eigenvalue weighted by Gasteiger charge is -2.18. The van der Waals surface area contributed by atoms with E-state index < -0.39 is 15.6 Å². The summed E-state index contributed by atoms with van der Waals surface area (Å²) >= 11 is 3.19. The summed E-state index contributed by atoms with van der Waals surface area (Å²) in [5, 5.41) is 12.2. The number of carbonyl (C=O) groups is 1. The van der Waals surface area contributed by atoms with E-state index in [-0.39, 0.29) is 23.8 Å². The van der Waals surface area contributed by atoms with Crippen molar-refractivity contribution in [2.45, 2.75) is 30.8 Å². The first kappa shape index (κ1) is 15.4. The Morgan fingerprint density at radius 1 is 1.45 bits per heavy atom. The smallest absolute Gasteiger partial charge is 0.241 e. The molecule has 0 bridgehead atoms. The predicted octanol–water partition coefficient (Wildman–Crippen LogP) is 0.993. The molecule has 20 heavy (non-hydrogen) atoms. The Labute approximate surface area is 125 Å². The van der Waals surface area contributed by atoms with Crippen LogP contribution in [0.2, 0.25) is 0 Å².